The summed E-state index contributed by atoms with van der Waals surface area (Å²) in [5.41, 5.74) is -5.08. The highest BCUT2D eigenvalue weighted by atomic mass is 35.5. The smallest absolute Gasteiger partial charge is 0.316 e. The molecular weight excluding hydrogens is 486 g/mol. The Balaban J connectivity index is 1.98. The molecule has 0 aliphatic carbocycles. The Morgan fingerprint density at radius 3 is 1.97 bits per heavy atom. The number of alkyl halides is 6. The van der Waals surface area contributed by atoms with Gasteiger partial charge < -0.3 is 4.90 Å². The van der Waals surface area contributed by atoms with Gasteiger partial charge in [0.2, 0.25) is 0 Å². The molecule has 0 saturated carbocycles. The lowest BCUT2D eigenvalue weighted by Gasteiger charge is -2.42. The van der Waals surface area contributed by atoms with Gasteiger partial charge in [0, 0.05) is 21.2 Å². The van der Waals surface area contributed by atoms with Crippen LogP contribution < -0.4 is 4.90 Å². The number of amidine groups is 1. The average molecular weight is 501 g/mol. The molecule has 0 bridgehead atoms. The Morgan fingerprint density at radius 1 is 0.818 bits per heavy atom. The van der Waals surface area contributed by atoms with Gasteiger partial charge in [0.05, 0.1) is 6.54 Å². The van der Waals surface area contributed by atoms with Gasteiger partial charge in [-0.15, -0.1) is 0 Å². The van der Waals surface area contributed by atoms with Crippen LogP contribution in [-0.2, 0) is 12.1 Å². The highest BCUT2D eigenvalue weighted by Gasteiger charge is 2.74. The van der Waals surface area contributed by atoms with E-state index in [9.17, 15) is 26.3 Å². The van der Waals surface area contributed by atoms with E-state index in [2.05, 4.69) is 4.99 Å². The minimum absolute atomic E-state index is 0.0138. The number of halogens is 7. The Bertz CT molecular complexity index is 1150. The predicted octanol–water partition coefficient (Wildman–Crippen LogP) is 7.83. The molecule has 33 heavy (non-hydrogen) atoms. The van der Waals surface area contributed by atoms with Crippen molar-refractivity contribution in [3.05, 3.63) is 95.0 Å². The van der Waals surface area contributed by atoms with Crippen molar-refractivity contribution >= 4 is 34.2 Å². The molecule has 0 aromatic heterocycles. The van der Waals surface area contributed by atoms with Crippen LogP contribution in [0, 0.1) is 0 Å². The van der Waals surface area contributed by atoms with Crippen LogP contribution in [0.4, 0.5) is 32.0 Å². The summed E-state index contributed by atoms with van der Waals surface area (Å²) < 4.78 is 85.6. The quantitative estimate of drug-likeness (QED) is 0.341. The number of nitrogens with zero attached hydrogens (tertiary/aromatic N) is 2. The fourth-order valence-electron chi connectivity index (χ4n) is 3.58. The first-order valence-corrected chi connectivity index (χ1v) is 10.8. The summed E-state index contributed by atoms with van der Waals surface area (Å²) in [6.07, 6.45) is -11.5. The van der Waals surface area contributed by atoms with Gasteiger partial charge in [0.1, 0.15) is 0 Å². The first kappa shape index (κ1) is 23.5. The third-order valence-electron chi connectivity index (χ3n) is 5.09. The number of hydrogen-bond acceptors (Lipinski definition) is 3. The molecule has 0 spiro atoms. The summed E-state index contributed by atoms with van der Waals surface area (Å²) in [7, 11) is 0. The van der Waals surface area contributed by atoms with E-state index in [1.807, 2.05) is 0 Å². The van der Waals surface area contributed by atoms with E-state index in [0.717, 1.165) is 11.8 Å². The van der Waals surface area contributed by atoms with Gasteiger partial charge in [-0.3, -0.25) is 0 Å². The molecule has 0 N–H and O–H groups in total. The van der Waals surface area contributed by atoms with E-state index in [-0.39, 0.29) is 17.3 Å². The molecule has 0 atom stereocenters. The molecule has 1 heterocycles. The van der Waals surface area contributed by atoms with Gasteiger partial charge in [-0.1, -0.05) is 71.9 Å². The zero-order chi connectivity index (χ0) is 23.9. The number of aliphatic imine (C=N–C) groups is 1. The monoisotopic (exact) mass is 500 g/mol. The highest BCUT2D eigenvalue weighted by Crippen LogP contribution is 2.58. The second-order valence-corrected chi connectivity index (χ2v) is 8.73. The van der Waals surface area contributed by atoms with Crippen LogP contribution in [0.25, 0.3) is 0 Å². The molecule has 3 aromatic carbocycles. The third-order valence-corrected chi connectivity index (χ3v) is 6.33. The van der Waals surface area contributed by atoms with Crippen molar-refractivity contribution in [3.63, 3.8) is 0 Å². The maximum Gasteiger partial charge on any atom is 0.427 e. The molecule has 3 aromatic rings. The number of fused-ring (bicyclic) bond motifs is 1. The van der Waals surface area contributed by atoms with E-state index >= 15 is 0 Å². The van der Waals surface area contributed by atoms with Crippen molar-refractivity contribution in [2.75, 3.05) is 4.90 Å². The van der Waals surface area contributed by atoms with Crippen LogP contribution in [0.2, 0.25) is 5.02 Å². The van der Waals surface area contributed by atoms with Crippen molar-refractivity contribution < 1.29 is 26.3 Å². The number of benzene rings is 3. The van der Waals surface area contributed by atoms with Crippen molar-refractivity contribution in [2.24, 2.45) is 4.99 Å². The summed E-state index contributed by atoms with van der Waals surface area (Å²) in [6, 6.07) is 20.0. The van der Waals surface area contributed by atoms with Gasteiger partial charge in [-0.05, 0) is 35.9 Å². The zero-order valence-electron chi connectivity index (χ0n) is 16.7. The fraction of sp³-hybridized carbons (Fsp3) is 0.174. The maximum atomic E-state index is 14.3. The van der Waals surface area contributed by atoms with E-state index in [1.165, 1.54) is 17.0 Å². The SMILES string of the molecule is FC(F)(F)C1(C(F)(F)F)N=C(Sc2ccccc2)N(Cc2ccccc2)c2ccc(Cl)cc21. The van der Waals surface area contributed by atoms with Crippen molar-refractivity contribution in [3.8, 4) is 0 Å². The Morgan fingerprint density at radius 2 is 1.39 bits per heavy atom. The zero-order valence-corrected chi connectivity index (χ0v) is 18.2. The highest BCUT2D eigenvalue weighted by molar-refractivity contribution is 8.14. The minimum atomic E-state index is -5.76. The van der Waals surface area contributed by atoms with Crippen molar-refractivity contribution in [1.29, 1.82) is 0 Å². The van der Waals surface area contributed by atoms with Crippen LogP contribution in [0.5, 0.6) is 0 Å². The van der Waals surface area contributed by atoms with Crippen LogP contribution >= 0.6 is 23.4 Å². The van der Waals surface area contributed by atoms with Crippen LogP contribution in [-0.4, -0.2) is 17.5 Å². The molecule has 2 nitrogen and oxygen atoms in total. The molecule has 4 rings (SSSR count). The molecule has 0 saturated heterocycles. The summed E-state index contributed by atoms with van der Waals surface area (Å²) >= 11 is 6.61. The van der Waals surface area contributed by atoms with Crippen molar-refractivity contribution in [1.82, 2.24) is 0 Å². The number of hydrogen-bond donors (Lipinski definition) is 0. The topological polar surface area (TPSA) is 15.6 Å². The number of thioether (sulfide) groups is 1. The van der Waals surface area contributed by atoms with Crippen LogP contribution in [0.3, 0.4) is 0 Å². The standard InChI is InChI=1S/C23H15ClF6N2S/c24-16-11-12-19-18(13-16)21(22(25,26)27,23(28,29)30)31-20(33-17-9-5-2-6-10-17)32(19)14-15-7-3-1-4-8-15/h1-13H,14H2. The molecule has 0 unspecified atom stereocenters. The molecule has 1 aliphatic heterocycles. The van der Waals surface area contributed by atoms with Gasteiger partial charge in [0.25, 0.3) is 5.54 Å². The molecule has 1 aliphatic rings. The van der Waals surface area contributed by atoms with E-state index in [0.29, 0.717) is 16.5 Å². The van der Waals surface area contributed by atoms with Crippen LogP contribution in [0.1, 0.15) is 11.1 Å². The lowest BCUT2D eigenvalue weighted by Crippen LogP contribution is -2.56. The maximum absolute atomic E-state index is 14.3. The minimum Gasteiger partial charge on any atom is -0.316 e. The molecule has 0 amide bonds. The Labute approximate surface area is 194 Å². The number of rotatable bonds is 3. The lowest BCUT2D eigenvalue weighted by atomic mass is 9.86. The first-order chi connectivity index (χ1) is 15.5. The first-order valence-electron chi connectivity index (χ1n) is 9.60. The third kappa shape index (κ3) is 4.31. The Hall–Kier alpha value is -2.65. The van der Waals surface area contributed by atoms with Gasteiger partial charge >= 0.3 is 12.4 Å². The Kier molecular flexibility index (Phi) is 6.13. The van der Waals surface area contributed by atoms with Gasteiger partial charge in [-0.2, -0.15) is 26.3 Å². The van der Waals surface area contributed by atoms with E-state index in [4.69, 9.17) is 11.6 Å². The summed E-state index contributed by atoms with van der Waals surface area (Å²) in [4.78, 5) is 5.21. The average Bonchev–Trinajstić information content (AvgIpc) is 2.75. The van der Waals surface area contributed by atoms with E-state index in [1.54, 1.807) is 60.7 Å². The summed E-state index contributed by atoms with van der Waals surface area (Å²) in [5.74, 6) is 0. The lowest BCUT2D eigenvalue weighted by molar-refractivity contribution is -0.300. The largest absolute Gasteiger partial charge is 0.427 e. The van der Waals surface area contributed by atoms with Gasteiger partial charge in [0.15, 0.2) is 5.17 Å². The second-order valence-electron chi connectivity index (χ2n) is 7.25. The predicted molar refractivity (Wildman–Crippen MR) is 118 cm³/mol. The molecule has 10 heteroatoms. The molecule has 0 radical (unpaired) electrons. The summed E-state index contributed by atoms with van der Waals surface area (Å²) in [6.45, 7) is 0.0138. The number of anilines is 1. The second kappa shape index (κ2) is 8.61. The van der Waals surface area contributed by atoms with Crippen molar-refractivity contribution in [2.45, 2.75) is 29.3 Å². The molecule has 0 fully saturated rings. The normalized spacial score (nSPS) is 15.7. The summed E-state index contributed by atoms with van der Waals surface area (Å²) in [5, 5.41) is -0.671. The van der Waals surface area contributed by atoms with E-state index < -0.39 is 28.6 Å². The van der Waals surface area contributed by atoms with Gasteiger partial charge in [-0.25, -0.2) is 4.99 Å². The van der Waals surface area contributed by atoms with Crippen LogP contribution in [0.15, 0.2) is 88.8 Å². The molecule has 172 valence electrons. The molecular formula is C23H15ClF6N2S. The fourth-order valence-corrected chi connectivity index (χ4v) is 4.72.